The van der Waals surface area contributed by atoms with Gasteiger partial charge in [-0.05, 0) is 93.8 Å². The number of thioether (sulfide) groups is 1. The van der Waals surface area contributed by atoms with Gasteiger partial charge >= 0.3 is 0 Å². The molecule has 0 spiro atoms. The normalized spacial score (nSPS) is 16.2. The Morgan fingerprint density at radius 1 is 1.04 bits per heavy atom. The van der Waals surface area contributed by atoms with Gasteiger partial charge in [0, 0.05) is 46.6 Å². The lowest BCUT2D eigenvalue weighted by atomic mass is 9.82. The second-order valence-corrected chi connectivity index (χ2v) is 15.7. The highest BCUT2D eigenvalue weighted by atomic mass is 32.2. The Balaban J connectivity index is 1.49. The number of nitro benzene ring substituents is 1. The van der Waals surface area contributed by atoms with Gasteiger partial charge < -0.3 is 15.1 Å². The van der Waals surface area contributed by atoms with E-state index in [4.69, 9.17) is 0 Å². The van der Waals surface area contributed by atoms with Crippen LogP contribution in [0.2, 0.25) is 0 Å². The fourth-order valence-corrected chi connectivity index (χ4v) is 7.31. The molecule has 1 aliphatic heterocycles. The summed E-state index contributed by atoms with van der Waals surface area (Å²) < 4.78 is 28.5. The van der Waals surface area contributed by atoms with Crippen LogP contribution in [0.1, 0.15) is 50.4 Å². The van der Waals surface area contributed by atoms with Crippen molar-refractivity contribution in [2.24, 2.45) is 5.41 Å². The van der Waals surface area contributed by atoms with Gasteiger partial charge in [-0.2, -0.15) is 0 Å². The molecule has 2 unspecified atom stereocenters. The fourth-order valence-electron chi connectivity index (χ4n) is 5.20. The average Bonchev–Trinajstić information content (AvgIpc) is 2.99. The molecule has 2 N–H and O–H groups in total. The largest absolute Gasteiger partial charge is 0.376 e. The summed E-state index contributed by atoms with van der Waals surface area (Å²) in [4.78, 5) is 29.5. The van der Waals surface area contributed by atoms with Crippen LogP contribution in [0.15, 0.2) is 82.6 Å². The van der Waals surface area contributed by atoms with Crippen molar-refractivity contribution in [2.45, 2.75) is 61.1 Å². The van der Waals surface area contributed by atoms with Crippen LogP contribution in [-0.4, -0.2) is 69.2 Å². The number of amides is 1. The number of nitro groups is 1. The van der Waals surface area contributed by atoms with E-state index in [0.29, 0.717) is 11.8 Å². The van der Waals surface area contributed by atoms with E-state index < -0.39 is 20.9 Å². The third-order valence-electron chi connectivity index (χ3n) is 8.17. The molecule has 3 aromatic carbocycles. The van der Waals surface area contributed by atoms with Gasteiger partial charge in [0.2, 0.25) is 0 Å². The second-order valence-electron chi connectivity index (χ2n) is 12.5. The van der Waals surface area contributed by atoms with Gasteiger partial charge in [-0.15, -0.1) is 11.8 Å². The van der Waals surface area contributed by atoms with Gasteiger partial charge in [0.25, 0.3) is 21.6 Å². The van der Waals surface area contributed by atoms with Gasteiger partial charge in [-0.25, -0.2) is 13.1 Å². The Kier molecular flexibility index (Phi) is 11.2. The lowest BCUT2D eigenvalue weighted by Crippen LogP contribution is -2.37. The molecule has 1 amide bonds. The first-order valence-electron chi connectivity index (χ1n) is 15.1. The maximum atomic E-state index is 13.2. The van der Waals surface area contributed by atoms with E-state index in [1.165, 1.54) is 12.1 Å². The number of nitrogens with one attached hydrogen (secondary N) is 2. The summed E-state index contributed by atoms with van der Waals surface area (Å²) in [6.07, 6.45) is 2.84. The zero-order chi connectivity index (χ0) is 32.8. The molecule has 1 fully saturated rings. The molecule has 0 bridgehead atoms. The van der Waals surface area contributed by atoms with Crippen LogP contribution in [0.3, 0.4) is 0 Å². The van der Waals surface area contributed by atoms with Crippen LogP contribution in [0, 0.1) is 15.5 Å². The summed E-state index contributed by atoms with van der Waals surface area (Å²) in [5.74, 6) is -0.804. The second kappa shape index (κ2) is 14.7. The van der Waals surface area contributed by atoms with E-state index in [1.807, 2.05) is 61.5 Å². The zero-order valence-corrected chi connectivity index (χ0v) is 28.2. The van der Waals surface area contributed by atoms with Crippen molar-refractivity contribution in [3.8, 4) is 0 Å². The van der Waals surface area contributed by atoms with Crippen LogP contribution >= 0.6 is 11.8 Å². The van der Waals surface area contributed by atoms with Gasteiger partial charge in [-0.3, -0.25) is 14.9 Å². The molecule has 0 aromatic heterocycles. The Bertz CT molecular complexity index is 1570. The summed E-state index contributed by atoms with van der Waals surface area (Å²) in [5.41, 5.74) is 1.30. The van der Waals surface area contributed by atoms with E-state index in [9.17, 15) is 23.3 Å². The molecule has 4 rings (SSSR count). The smallest absolute Gasteiger partial charge is 0.293 e. The first-order chi connectivity index (χ1) is 21.2. The quantitative estimate of drug-likeness (QED) is 0.125. The Morgan fingerprint density at radius 2 is 1.69 bits per heavy atom. The van der Waals surface area contributed by atoms with Gasteiger partial charge in [0.05, 0.1) is 9.82 Å². The van der Waals surface area contributed by atoms with Crippen LogP contribution < -0.4 is 14.9 Å². The average molecular weight is 654 g/mol. The van der Waals surface area contributed by atoms with E-state index >= 15 is 0 Å². The van der Waals surface area contributed by atoms with E-state index in [1.54, 1.807) is 23.9 Å². The summed E-state index contributed by atoms with van der Waals surface area (Å²) in [6, 6.07) is 20.3. The highest BCUT2D eigenvalue weighted by Crippen LogP contribution is 2.34. The zero-order valence-electron chi connectivity index (χ0n) is 26.5. The molecule has 0 saturated carbocycles. The summed E-state index contributed by atoms with van der Waals surface area (Å²) in [5, 5.41) is 15.5. The predicted molar refractivity (Wildman–Crippen MR) is 182 cm³/mol. The lowest BCUT2D eigenvalue weighted by Gasteiger charge is -2.38. The number of carbonyl (C=O) groups is 1. The molecule has 12 heteroatoms. The Morgan fingerprint density at radius 3 is 2.29 bits per heavy atom. The number of hydrogen-bond acceptors (Lipinski definition) is 9. The lowest BCUT2D eigenvalue weighted by molar-refractivity contribution is -0.384. The number of piperidine rings is 1. The monoisotopic (exact) mass is 653 g/mol. The van der Waals surface area contributed by atoms with E-state index in [2.05, 4.69) is 35.7 Å². The number of hydrogen-bond donors (Lipinski definition) is 2. The predicted octanol–water partition coefficient (Wildman–Crippen LogP) is 6.25. The maximum absolute atomic E-state index is 13.2. The number of sulfonamides is 1. The number of rotatable bonds is 13. The molecular formula is C33H43N5O5S2. The third-order valence-corrected chi connectivity index (χ3v) is 10.7. The highest BCUT2D eigenvalue weighted by Gasteiger charge is 2.28. The fraction of sp³-hybridized carbons (Fsp3) is 0.424. The molecule has 3 aromatic rings. The van der Waals surface area contributed by atoms with Gasteiger partial charge in [0.1, 0.15) is 5.69 Å². The standard InChI is InChI=1S/C33H43N5O5S2/c1-24(44-27-9-7-6-8-10-27)29(17-20-36(4)5)34-30-16-15-28(23-31(30)38(40)41)45(42,43)35-32(39)25-11-13-26(14-12-25)37-21-18-33(2,3)19-22-37/h6-16,23-24,29,34H,17-22H2,1-5H3,(H,35,39). The van der Waals surface area contributed by atoms with Gasteiger partial charge in [0.15, 0.2) is 0 Å². The van der Waals surface area contributed by atoms with Crippen LogP contribution in [0.5, 0.6) is 0 Å². The van der Waals surface area contributed by atoms with Crippen LogP contribution in [0.4, 0.5) is 17.1 Å². The van der Waals surface area contributed by atoms with Crippen molar-refractivity contribution < 1.29 is 18.1 Å². The molecule has 0 aliphatic carbocycles. The SMILES string of the molecule is CC(Sc1ccccc1)C(CCN(C)C)Nc1ccc(S(=O)(=O)NC(=O)c2ccc(N3CCC(C)(C)CC3)cc2)cc1[N+](=O)[O-]. The molecule has 10 nitrogen and oxygen atoms in total. The van der Waals surface area contributed by atoms with Crippen molar-refractivity contribution >= 4 is 44.8 Å². The number of benzene rings is 3. The number of anilines is 2. The summed E-state index contributed by atoms with van der Waals surface area (Å²) in [7, 11) is -0.455. The van der Waals surface area contributed by atoms with Crippen molar-refractivity contribution in [1.29, 1.82) is 0 Å². The summed E-state index contributed by atoms with van der Waals surface area (Å²) in [6.45, 7) is 9.15. The van der Waals surface area contributed by atoms with Crippen molar-refractivity contribution in [1.82, 2.24) is 9.62 Å². The van der Waals surface area contributed by atoms with E-state index in [0.717, 1.165) is 49.1 Å². The van der Waals surface area contributed by atoms with Crippen molar-refractivity contribution in [3.05, 3.63) is 88.5 Å². The minimum Gasteiger partial charge on any atom is -0.376 e. The summed E-state index contributed by atoms with van der Waals surface area (Å²) >= 11 is 1.66. The maximum Gasteiger partial charge on any atom is 0.293 e. The molecule has 1 saturated heterocycles. The molecule has 2 atom stereocenters. The number of nitrogens with zero attached hydrogens (tertiary/aromatic N) is 3. The minimum atomic E-state index is -4.38. The highest BCUT2D eigenvalue weighted by molar-refractivity contribution is 8.00. The molecule has 0 radical (unpaired) electrons. The van der Waals surface area contributed by atoms with Crippen LogP contribution in [0.25, 0.3) is 0 Å². The van der Waals surface area contributed by atoms with Gasteiger partial charge in [-0.1, -0.05) is 39.0 Å². The molecule has 1 aliphatic rings. The molecule has 45 heavy (non-hydrogen) atoms. The molecule has 242 valence electrons. The first kappa shape index (κ1) is 34.3. The van der Waals surface area contributed by atoms with Crippen LogP contribution in [-0.2, 0) is 10.0 Å². The Hall–Kier alpha value is -3.61. The minimum absolute atomic E-state index is 0.0443. The third kappa shape index (κ3) is 9.44. The molecular weight excluding hydrogens is 611 g/mol. The Labute approximate surface area is 270 Å². The van der Waals surface area contributed by atoms with Crippen molar-refractivity contribution in [3.63, 3.8) is 0 Å². The number of carbonyl (C=O) groups excluding carboxylic acids is 1. The van der Waals surface area contributed by atoms with E-state index in [-0.39, 0.29) is 33.1 Å². The van der Waals surface area contributed by atoms with Crippen molar-refractivity contribution in [2.75, 3.05) is 43.9 Å². The first-order valence-corrected chi connectivity index (χ1v) is 17.4. The topological polar surface area (TPSA) is 125 Å². The molecule has 1 heterocycles.